The lowest BCUT2D eigenvalue weighted by atomic mass is 10.0. The molecule has 0 amide bonds. The van der Waals surface area contributed by atoms with Crippen molar-refractivity contribution in [1.29, 1.82) is 0 Å². The lowest BCUT2D eigenvalue weighted by molar-refractivity contribution is 0.509. The van der Waals surface area contributed by atoms with Crippen molar-refractivity contribution in [1.82, 2.24) is 20.4 Å². The molecule has 0 aliphatic heterocycles. The van der Waals surface area contributed by atoms with Gasteiger partial charge in [0.2, 0.25) is 11.8 Å². The molecular formula is C22H22N4OS3. The van der Waals surface area contributed by atoms with Crippen LogP contribution < -0.4 is 0 Å². The Balaban J connectivity index is 1.33. The summed E-state index contributed by atoms with van der Waals surface area (Å²) in [6.45, 7) is 6.46. The van der Waals surface area contributed by atoms with E-state index in [0.717, 1.165) is 20.0 Å². The van der Waals surface area contributed by atoms with Crippen LogP contribution in [0.5, 0.6) is 0 Å². The second-order valence-electron chi connectivity index (χ2n) is 7.09. The van der Waals surface area contributed by atoms with Crippen LogP contribution in [0, 0.1) is 0 Å². The van der Waals surface area contributed by atoms with Crippen molar-refractivity contribution in [2.75, 3.05) is 0 Å². The Morgan fingerprint density at radius 3 is 2.33 bits per heavy atom. The average Bonchev–Trinajstić information content (AvgIpc) is 3.43. The van der Waals surface area contributed by atoms with Gasteiger partial charge < -0.3 is 4.42 Å². The summed E-state index contributed by atoms with van der Waals surface area (Å²) in [5.74, 6) is 2.57. The molecule has 154 valence electrons. The third-order valence-corrected chi connectivity index (χ3v) is 7.78. The van der Waals surface area contributed by atoms with E-state index in [4.69, 9.17) is 4.42 Å². The van der Waals surface area contributed by atoms with Crippen molar-refractivity contribution in [2.45, 2.75) is 46.4 Å². The van der Waals surface area contributed by atoms with Crippen LogP contribution in [0.3, 0.4) is 0 Å². The standard InChI is InChI=1S/C22H22N4OS3/c1-14(2)17-11-9-16(10-12-17)13-28-21-25-26-22(30-21)29-15(3)19-23-24-20(27-19)18-7-5-4-6-8-18/h4-12,14-15H,13H2,1-3H3. The van der Waals surface area contributed by atoms with Gasteiger partial charge in [0, 0.05) is 11.3 Å². The molecule has 4 rings (SSSR count). The molecule has 0 N–H and O–H groups in total. The van der Waals surface area contributed by atoms with Crippen LogP contribution in [0.25, 0.3) is 11.5 Å². The first-order chi connectivity index (χ1) is 14.6. The highest BCUT2D eigenvalue weighted by Crippen LogP contribution is 2.38. The van der Waals surface area contributed by atoms with Gasteiger partial charge in [-0.1, -0.05) is 91.2 Å². The van der Waals surface area contributed by atoms with E-state index in [1.54, 1.807) is 34.9 Å². The highest BCUT2D eigenvalue weighted by atomic mass is 32.2. The molecule has 0 bridgehead atoms. The van der Waals surface area contributed by atoms with Gasteiger partial charge in [-0.05, 0) is 36.1 Å². The molecule has 30 heavy (non-hydrogen) atoms. The minimum Gasteiger partial charge on any atom is -0.419 e. The van der Waals surface area contributed by atoms with Gasteiger partial charge in [0.1, 0.15) is 0 Å². The van der Waals surface area contributed by atoms with E-state index >= 15 is 0 Å². The Morgan fingerprint density at radius 2 is 1.60 bits per heavy atom. The van der Waals surface area contributed by atoms with Crippen molar-refractivity contribution >= 4 is 34.9 Å². The predicted octanol–water partition coefficient (Wildman–Crippen LogP) is 6.86. The molecule has 0 radical (unpaired) electrons. The molecule has 0 fully saturated rings. The van der Waals surface area contributed by atoms with Crippen LogP contribution in [0.1, 0.15) is 49.0 Å². The number of hydrogen-bond acceptors (Lipinski definition) is 8. The molecule has 0 spiro atoms. The summed E-state index contributed by atoms with van der Waals surface area (Å²) in [7, 11) is 0. The van der Waals surface area contributed by atoms with Crippen molar-refractivity contribution in [3.05, 3.63) is 71.6 Å². The molecule has 2 aromatic heterocycles. The highest BCUT2D eigenvalue weighted by Gasteiger charge is 2.18. The number of nitrogens with zero attached hydrogens (tertiary/aromatic N) is 4. The molecular weight excluding hydrogens is 432 g/mol. The van der Waals surface area contributed by atoms with Crippen molar-refractivity contribution in [2.24, 2.45) is 0 Å². The van der Waals surface area contributed by atoms with Crippen LogP contribution in [-0.4, -0.2) is 20.4 Å². The Hall–Kier alpha value is -2.16. The van der Waals surface area contributed by atoms with E-state index in [1.807, 2.05) is 37.3 Å². The van der Waals surface area contributed by atoms with Crippen LogP contribution in [0.15, 0.2) is 67.7 Å². The van der Waals surface area contributed by atoms with Crippen LogP contribution in [0.2, 0.25) is 0 Å². The van der Waals surface area contributed by atoms with Gasteiger partial charge in [-0.2, -0.15) is 0 Å². The number of hydrogen-bond donors (Lipinski definition) is 0. The summed E-state index contributed by atoms with van der Waals surface area (Å²) >= 11 is 4.90. The van der Waals surface area contributed by atoms with Gasteiger partial charge in [0.15, 0.2) is 8.68 Å². The molecule has 1 atom stereocenters. The largest absolute Gasteiger partial charge is 0.419 e. The normalized spacial score (nSPS) is 12.4. The second-order valence-corrected chi connectivity index (χ2v) is 10.9. The molecule has 5 nitrogen and oxygen atoms in total. The van der Waals surface area contributed by atoms with Gasteiger partial charge in [-0.15, -0.1) is 20.4 Å². The zero-order valence-electron chi connectivity index (χ0n) is 17.0. The van der Waals surface area contributed by atoms with E-state index in [9.17, 15) is 0 Å². The summed E-state index contributed by atoms with van der Waals surface area (Å²) < 4.78 is 7.72. The molecule has 0 aliphatic carbocycles. The van der Waals surface area contributed by atoms with Gasteiger partial charge in [0.25, 0.3) is 0 Å². The van der Waals surface area contributed by atoms with Crippen LogP contribution >= 0.6 is 34.9 Å². The zero-order chi connectivity index (χ0) is 20.9. The molecule has 2 heterocycles. The summed E-state index contributed by atoms with van der Waals surface area (Å²) in [6, 6.07) is 18.6. The van der Waals surface area contributed by atoms with Crippen LogP contribution in [-0.2, 0) is 5.75 Å². The van der Waals surface area contributed by atoms with Crippen LogP contribution in [0.4, 0.5) is 0 Å². The number of benzene rings is 2. The number of aromatic nitrogens is 4. The van der Waals surface area contributed by atoms with E-state index in [0.29, 0.717) is 17.7 Å². The van der Waals surface area contributed by atoms with E-state index in [2.05, 4.69) is 58.5 Å². The van der Waals surface area contributed by atoms with E-state index in [-0.39, 0.29) is 5.25 Å². The Kier molecular flexibility index (Phi) is 6.86. The topological polar surface area (TPSA) is 64.7 Å². The fourth-order valence-corrected chi connectivity index (χ4v) is 5.89. The molecule has 4 aromatic rings. The van der Waals surface area contributed by atoms with Crippen molar-refractivity contribution < 1.29 is 4.42 Å². The zero-order valence-corrected chi connectivity index (χ0v) is 19.4. The SMILES string of the molecule is CC(C)c1ccc(CSc2nnc(SC(C)c3nnc(-c4ccccc4)o3)s2)cc1. The van der Waals surface area contributed by atoms with E-state index < -0.39 is 0 Å². The van der Waals surface area contributed by atoms with Gasteiger partial charge >= 0.3 is 0 Å². The predicted molar refractivity (Wildman–Crippen MR) is 124 cm³/mol. The smallest absolute Gasteiger partial charge is 0.247 e. The first-order valence-electron chi connectivity index (χ1n) is 9.69. The quantitative estimate of drug-likeness (QED) is 0.269. The maximum absolute atomic E-state index is 5.85. The first kappa shape index (κ1) is 21.1. The Bertz CT molecular complexity index is 1080. The number of thioether (sulfide) groups is 2. The van der Waals surface area contributed by atoms with Gasteiger partial charge in [-0.25, -0.2) is 0 Å². The summed E-state index contributed by atoms with van der Waals surface area (Å²) in [5, 5.41) is 17.0. The highest BCUT2D eigenvalue weighted by molar-refractivity contribution is 8.03. The molecule has 0 saturated carbocycles. The van der Waals surface area contributed by atoms with Crippen molar-refractivity contribution in [3.8, 4) is 11.5 Å². The second kappa shape index (κ2) is 9.76. The lowest BCUT2D eigenvalue weighted by Crippen LogP contribution is -1.88. The van der Waals surface area contributed by atoms with Gasteiger partial charge in [-0.3, -0.25) is 0 Å². The first-order valence-corrected chi connectivity index (χ1v) is 12.4. The fourth-order valence-electron chi connectivity index (χ4n) is 2.74. The Morgan fingerprint density at radius 1 is 0.867 bits per heavy atom. The third-order valence-electron chi connectivity index (χ3n) is 4.48. The minimum atomic E-state index is 0.00402. The fraction of sp³-hybridized carbons (Fsp3) is 0.273. The monoisotopic (exact) mass is 454 g/mol. The molecule has 8 heteroatoms. The third kappa shape index (κ3) is 5.30. The summed E-state index contributed by atoms with van der Waals surface area (Å²) in [6.07, 6.45) is 0. The maximum atomic E-state index is 5.85. The summed E-state index contributed by atoms with van der Waals surface area (Å²) in [4.78, 5) is 0. The van der Waals surface area contributed by atoms with Crippen molar-refractivity contribution in [3.63, 3.8) is 0 Å². The molecule has 0 saturated heterocycles. The van der Waals surface area contributed by atoms with Gasteiger partial charge in [0.05, 0.1) is 5.25 Å². The minimum absolute atomic E-state index is 0.00402. The molecule has 1 unspecified atom stereocenters. The number of rotatable bonds is 8. The van der Waals surface area contributed by atoms with E-state index in [1.165, 1.54) is 11.1 Å². The summed E-state index contributed by atoms with van der Waals surface area (Å²) in [5.41, 5.74) is 3.58. The molecule has 2 aromatic carbocycles. The maximum Gasteiger partial charge on any atom is 0.247 e. The Labute approximate surface area is 188 Å². The average molecular weight is 455 g/mol. The molecule has 0 aliphatic rings. The lowest BCUT2D eigenvalue weighted by Gasteiger charge is -2.06.